The van der Waals surface area contributed by atoms with Crippen molar-refractivity contribution in [3.63, 3.8) is 0 Å². The molecule has 2 aliphatic carbocycles. The van der Waals surface area contributed by atoms with Gasteiger partial charge in [-0.15, -0.1) is 13.2 Å². The summed E-state index contributed by atoms with van der Waals surface area (Å²) >= 11 is 0. The number of rotatable bonds is 4. The van der Waals surface area contributed by atoms with E-state index in [1.807, 2.05) is 0 Å². The third-order valence-corrected chi connectivity index (χ3v) is 7.11. The van der Waals surface area contributed by atoms with Gasteiger partial charge in [-0.1, -0.05) is 38.3 Å². The van der Waals surface area contributed by atoms with E-state index in [0.717, 1.165) is 42.7 Å². The van der Waals surface area contributed by atoms with Gasteiger partial charge in [-0.2, -0.15) is 0 Å². The van der Waals surface area contributed by atoms with Gasteiger partial charge in [0.05, 0.1) is 5.39 Å². The van der Waals surface area contributed by atoms with Gasteiger partial charge in [0, 0.05) is 0 Å². The minimum atomic E-state index is -5.03. The molecule has 164 valence electrons. The monoisotopic (exact) mass is 426 g/mol. The summed E-state index contributed by atoms with van der Waals surface area (Å²) in [5, 5.41) is -0.180. The predicted molar refractivity (Wildman–Crippen MR) is 106 cm³/mol. The lowest BCUT2D eigenvalue weighted by atomic mass is 9.63. The van der Waals surface area contributed by atoms with E-state index in [1.165, 1.54) is 44.2 Å². The Labute approximate surface area is 173 Å². The van der Waals surface area contributed by atoms with Gasteiger partial charge < -0.3 is 4.74 Å². The van der Waals surface area contributed by atoms with Crippen LogP contribution >= 0.6 is 0 Å². The van der Waals surface area contributed by atoms with E-state index in [1.54, 1.807) is 6.07 Å². The molecule has 0 aromatic heterocycles. The average molecular weight is 426 g/mol. The predicted octanol–water partition coefficient (Wildman–Crippen LogP) is 8.12. The first-order chi connectivity index (χ1) is 14.2. The summed E-state index contributed by atoms with van der Waals surface area (Å²) in [5.41, 5.74) is 0.818. The Morgan fingerprint density at radius 2 is 1.70 bits per heavy atom. The molecular formula is C24H27F5O. The fraction of sp³-hybridized carbons (Fsp3) is 0.583. The maximum absolute atomic E-state index is 14.8. The maximum Gasteiger partial charge on any atom is 0.573 e. The fourth-order valence-corrected chi connectivity index (χ4v) is 5.77. The Morgan fingerprint density at radius 3 is 2.43 bits per heavy atom. The fourth-order valence-electron chi connectivity index (χ4n) is 5.77. The number of benzene rings is 2. The van der Waals surface area contributed by atoms with Crippen molar-refractivity contribution in [3.05, 3.63) is 41.5 Å². The third kappa shape index (κ3) is 4.42. The SMILES string of the molecule is CCC[C@@H]1CC[C@@H]2CC(c3cc(F)c4c(F)c(OC(F)(F)F)ccc4c3)CCC2C1. The standard InChI is InChI=1S/C24H27F5O/c1-2-3-14-4-5-16-11-17(7-6-15(16)10-14)19-12-18-8-9-21(30-24(27,28)29)23(26)22(18)20(25)13-19/h8-9,12-17H,2-7,10-11H2,1H3/t14-,15?,16-,17?/m1/s1. The van der Waals surface area contributed by atoms with Gasteiger partial charge in [0.25, 0.3) is 0 Å². The molecule has 4 rings (SSSR count). The highest BCUT2D eigenvalue weighted by atomic mass is 19.4. The van der Waals surface area contributed by atoms with Gasteiger partial charge >= 0.3 is 6.36 Å². The lowest BCUT2D eigenvalue weighted by Crippen LogP contribution is -2.30. The van der Waals surface area contributed by atoms with Crippen molar-refractivity contribution in [2.24, 2.45) is 17.8 Å². The van der Waals surface area contributed by atoms with E-state index in [9.17, 15) is 22.0 Å². The Hall–Kier alpha value is -1.85. The molecular weight excluding hydrogens is 399 g/mol. The normalized spacial score (nSPS) is 27.1. The smallest absolute Gasteiger partial charge is 0.403 e. The van der Waals surface area contributed by atoms with Gasteiger partial charge in [0.15, 0.2) is 11.6 Å². The molecule has 0 heterocycles. The molecule has 2 fully saturated rings. The van der Waals surface area contributed by atoms with Crippen molar-refractivity contribution in [2.75, 3.05) is 0 Å². The summed E-state index contributed by atoms with van der Waals surface area (Å²) in [4.78, 5) is 0. The van der Waals surface area contributed by atoms with E-state index < -0.39 is 29.1 Å². The second kappa shape index (κ2) is 8.35. The summed E-state index contributed by atoms with van der Waals surface area (Å²) < 4.78 is 70.3. The highest BCUT2D eigenvalue weighted by Gasteiger charge is 2.36. The van der Waals surface area contributed by atoms with E-state index in [4.69, 9.17) is 0 Å². The number of alkyl halides is 3. The van der Waals surface area contributed by atoms with Crippen LogP contribution in [0.25, 0.3) is 10.8 Å². The second-order valence-corrected chi connectivity index (χ2v) is 9.02. The highest BCUT2D eigenvalue weighted by Crippen LogP contribution is 2.49. The second-order valence-electron chi connectivity index (χ2n) is 9.02. The Bertz CT molecular complexity index is 907. The quantitative estimate of drug-likeness (QED) is 0.449. The summed E-state index contributed by atoms with van der Waals surface area (Å²) in [7, 11) is 0. The Morgan fingerprint density at radius 1 is 0.967 bits per heavy atom. The molecule has 0 N–H and O–H groups in total. The molecule has 2 aromatic rings. The van der Waals surface area contributed by atoms with Gasteiger partial charge in [-0.3, -0.25) is 0 Å². The van der Waals surface area contributed by atoms with Crippen molar-refractivity contribution in [1.82, 2.24) is 0 Å². The molecule has 1 nitrogen and oxygen atoms in total. The molecule has 2 unspecified atom stereocenters. The van der Waals surface area contributed by atoms with Crippen LogP contribution in [0.3, 0.4) is 0 Å². The van der Waals surface area contributed by atoms with Gasteiger partial charge in [-0.25, -0.2) is 8.78 Å². The number of ether oxygens (including phenoxy) is 1. The molecule has 6 heteroatoms. The largest absolute Gasteiger partial charge is 0.573 e. The van der Waals surface area contributed by atoms with Crippen molar-refractivity contribution in [2.45, 2.75) is 70.6 Å². The number of hydrogen-bond acceptors (Lipinski definition) is 1. The summed E-state index contributed by atoms with van der Waals surface area (Å²) in [6.07, 6.45) is 4.39. The molecule has 0 bridgehead atoms. The van der Waals surface area contributed by atoms with Crippen LogP contribution < -0.4 is 4.74 Å². The zero-order valence-electron chi connectivity index (χ0n) is 17.1. The molecule has 2 aromatic carbocycles. The lowest BCUT2D eigenvalue weighted by molar-refractivity contribution is -0.275. The van der Waals surface area contributed by atoms with Gasteiger partial charge in [-0.05, 0) is 78.9 Å². The van der Waals surface area contributed by atoms with Crippen LogP contribution in [0.2, 0.25) is 0 Å². The maximum atomic E-state index is 14.8. The Balaban J connectivity index is 1.55. The van der Waals surface area contributed by atoms with Crippen molar-refractivity contribution < 1.29 is 26.7 Å². The molecule has 0 amide bonds. The molecule has 0 aliphatic heterocycles. The van der Waals surface area contributed by atoms with E-state index in [0.29, 0.717) is 5.92 Å². The van der Waals surface area contributed by atoms with Gasteiger partial charge in [0.2, 0.25) is 0 Å². The summed E-state index contributed by atoms with van der Waals surface area (Å²) in [5.74, 6) is -0.713. The van der Waals surface area contributed by atoms with E-state index in [2.05, 4.69) is 11.7 Å². The van der Waals surface area contributed by atoms with Gasteiger partial charge in [0.1, 0.15) is 5.82 Å². The number of fused-ring (bicyclic) bond motifs is 2. The molecule has 4 atom stereocenters. The number of hydrogen-bond donors (Lipinski definition) is 0. The first-order valence-electron chi connectivity index (χ1n) is 10.9. The van der Waals surface area contributed by atoms with Crippen molar-refractivity contribution >= 4 is 10.8 Å². The van der Waals surface area contributed by atoms with Crippen LogP contribution in [0, 0.1) is 29.4 Å². The summed E-state index contributed by atoms with van der Waals surface area (Å²) in [6, 6.07) is 5.25. The molecule has 2 aliphatic rings. The molecule has 0 spiro atoms. The van der Waals surface area contributed by atoms with Crippen LogP contribution in [-0.2, 0) is 0 Å². The Kier molecular flexibility index (Phi) is 5.95. The van der Waals surface area contributed by atoms with Crippen LogP contribution in [0.15, 0.2) is 24.3 Å². The molecule has 0 radical (unpaired) electrons. The summed E-state index contributed by atoms with van der Waals surface area (Å²) in [6.45, 7) is 2.23. The van der Waals surface area contributed by atoms with E-state index >= 15 is 0 Å². The zero-order chi connectivity index (χ0) is 21.5. The third-order valence-electron chi connectivity index (χ3n) is 7.11. The van der Waals surface area contributed by atoms with Crippen LogP contribution in [0.5, 0.6) is 5.75 Å². The van der Waals surface area contributed by atoms with Crippen LogP contribution in [-0.4, -0.2) is 6.36 Å². The molecule has 30 heavy (non-hydrogen) atoms. The highest BCUT2D eigenvalue weighted by molar-refractivity contribution is 5.86. The minimum absolute atomic E-state index is 0.210. The van der Waals surface area contributed by atoms with Crippen LogP contribution in [0.4, 0.5) is 22.0 Å². The van der Waals surface area contributed by atoms with Crippen molar-refractivity contribution in [1.29, 1.82) is 0 Å². The topological polar surface area (TPSA) is 9.23 Å². The van der Waals surface area contributed by atoms with Crippen molar-refractivity contribution in [3.8, 4) is 5.75 Å². The molecule has 0 saturated heterocycles. The average Bonchev–Trinajstić information content (AvgIpc) is 2.68. The van der Waals surface area contributed by atoms with Crippen LogP contribution in [0.1, 0.15) is 69.8 Å². The molecule has 2 saturated carbocycles. The zero-order valence-corrected chi connectivity index (χ0v) is 17.1. The first-order valence-corrected chi connectivity index (χ1v) is 10.9. The lowest BCUT2D eigenvalue weighted by Gasteiger charge is -2.42. The van der Waals surface area contributed by atoms with E-state index in [-0.39, 0.29) is 11.3 Å². The number of halogens is 5. The first kappa shape index (κ1) is 21.4. The minimum Gasteiger partial charge on any atom is -0.403 e.